The highest BCUT2D eigenvalue weighted by atomic mass is 15.1. The molecule has 0 radical (unpaired) electrons. The molecule has 0 fully saturated rings. The predicted molar refractivity (Wildman–Crippen MR) is 253 cm³/mol. The molecule has 2 aliphatic rings. The maximum atomic E-state index is 2.50. The van der Waals surface area contributed by atoms with E-state index in [9.17, 15) is 0 Å². The van der Waals surface area contributed by atoms with E-state index in [0.29, 0.717) is 0 Å². The largest absolute Gasteiger partial charge is 0.310 e. The van der Waals surface area contributed by atoms with Crippen molar-refractivity contribution in [2.24, 2.45) is 0 Å². The van der Waals surface area contributed by atoms with Crippen LogP contribution in [0.15, 0.2) is 249 Å². The van der Waals surface area contributed by atoms with E-state index in [-0.39, 0.29) is 0 Å². The van der Waals surface area contributed by atoms with Gasteiger partial charge in [-0.15, -0.1) is 0 Å². The molecule has 0 aromatic heterocycles. The standard InChI is InChI=1S/C60H41N/c1-4-18-42(19-5-1)44-32-35-48(36-33-44)61(49-37-34-43-20-10-11-21-45(43)40-49)50-38-39-52-51-26-12-13-27-53(51)60(58(52)41-50)56-30-16-14-28-54(56)59(46-22-6-2-7-23-46,47-24-8-3-9-25-47)55-29-15-17-31-57(55)60/h1-41H. The second-order valence-electron chi connectivity index (χ2n) is 16.4. The Morgan fingerprint density at radius 2 is 0.672 bits per heavy atom. The first-order valence-corrected chi connectivity index (χ1v) is 21.3. The molecule has 0 unspecified atom stereocenters. The lowest BCUT2D eigenvalue weighted by Crippen LogP contribution is -2.44. The zero-order valence-electron chi connectivity index (χ0n) is 33.6. The lowest BCUT2D eigenvalue weighted by molar-refractivity contribution is 0.623. The van der Waals surface area contributed by atoms with Crippen molar-refractivity contribution in [3.05, 3.63) is 293 Å². The zero-order chi connectivity index (χ0) is 40.4. The molecule has 61 heavy (non-hydrogen) atoms. The summed E-state index contributed by atoms with van der Waals surface area (Å²) >= 11 is 0. The summed E-state index contributed by atoms with van der Waals surface area (Å²) in [7, 11) is 0. The van der Waals surface area contributed by atoms with Crippen LogP contribution in [-0.4, -0.2) is 0 Å². The number of hydrogen-bond donors (Lipinski definition) is 0. The molecule has 2 aliphatic carbocycles. The average molecular weight is 776 g/mol. The first-order valence-electron chi connectivity index (χ1n) is 21.3. The Labute approximate surface area is 357 Å². The van der Waals surface area contributed by atoms with Gasteiger partial charge in [0.05, 0.1) is 10.8 Å². The molecule has 0 bridgehead atoms. The van der Waals surface area contributed by atoms with Crippen molar-refractivity contribution in [2.75, 3.05) is 4.90 Å². The summed E-state index contributed by atoms with van der Waals surface area (Å²) in [4.78, 5) is 2.44. The summed E-state index contributed by atoms with van der Waals surface area (Å²) in [5.74, 6) is 0. The number of nitrogens with zero attached hydrogens (tertiary/aromatic N) is 1. The van der Waals surface area contributed by atoms with Crippen molar-refractivity contribution in [2.45, 2.75) is 10.8 Å². The van der Waals surface area contributed by atoms with Gasteiger partial charge < -0.3 is 4.90 Å². The van der Waals surface area contributed by atoms with Crippen LogP contribution < -0.4 is 4.90 Å². The molecule has 0 N–H and O–H groups in total. The van der Waals surface area contributed by atoms with Gasteiger partial charge in [-0.2, -0.15) is 0 Å². The van der Waals surface area contributed by atoms with Gasteiger partial charge in [0.25, 0.3) is 0 Å². The topological polar surface area (TPSA) is 3.24 Å². The molecule has 0 saturated heterocycles. The Bertz CT molecular complexity index is 3150. The molecule has 10 aromatic carbocycles. The first-order chi connectivity index (χ1) is 30.3. The van der Waals surface area contributed by atoms with Gasteiger partial charge in [-0.3, -0.25) is 0 Å². The summed E-state index contributed by atoms with van der Waals surface area (Å²) in [5.41, 5.74) is 17.6. The van der Waals surface area contributed by atoms with Crippen LogP contribution in [0.25, 0.3) is 33.0 Å². The molecule has 10 aromatic rings. The number of benzene rings is 10. The van der Waals surface area contributed by atoms with Gasteiger partial charge in [-0.1, -0.05) is 212 Å². The second-order valence-corrected chi connectivity index (χ2v) is 16.4. The normalized spacial score (nSPS) is 13.8. The monoisotopic (exact) mass is 775 g/mol. The molecule has 1 nitrogen and oxygen atoms in total. The maximum Gasteiger partial charge on any atom is 0.0720 e. The van der Waals surface area contributed by atoms with Crippen molar-refractivity contribution in [3.63, 3.8) is 0 Å². The maximum absolute atomic E-state index is 2.50. The van der Waals surface area contributed by atoms with Gasteiger partial charge >= 0.3 is 0 Å². The number of fused-ring (bicyclic) bond motifs is 10. The quantitative estimate of drug-likeness (QED) is 0.163. The Morgan fingerprint density at radius 3 is 1.30 bits per heavy atom. The number of rotatable bonds is 6. The summed E-state index contributed by atoms with van der Waals surface area (Å²) in [6, 6.07) is 92.4. The van der Waals surface area contributed by atoms with E-state index in [2.05, 4.69) is 254 Å². The fourth-order valence-electron chi connectivity index (χ4n) is 10.9. The minimum absolute atomic E-state index is 0.548. The molecule has 0 saturated carbocycles. The molecule has 0 atom stereocenters. The highest BCUT2D eigenvalue weighted by Gasteiger charge is 2.56. The Balaban J connectivity index is 1.15. The predicted octanol–water partition coefficient (Wildman–Crippen LogP) is 15.0. The summed E-state index contributed by atoms with van der Waals surface area (Å²) in [6.07, 6.45) is 0. The first kappa shape index (κ1) is 35.2. The van der Waals surface area contributed by atoms with E-state index in [4.69, 9.17) is 0 Å². The van der Waals surface area contributed by atoms with E-state index in [1.807, 2.05) is 0 Å². The Morgan fingerprint density at radius 1 is 0.246 bits per heavy atom. The highest BCUT2D eigenvalue weighted by molar-refractivity contribution is 5.94. The lowest BCUT2D eigenvalue weighted by atomic mass is 9.51. The third-order valence-corrected chi connectivity index (χ3v) is 13.4. The Kier molecular flexibility index (Phi) is 8.05. The number of hydrogen-bond acceptors (Lipinski definition) is 1. The molecule has 1 heteroatoms. The van der Waals surface area contributed by atoms with Crippen molar-refractivity contribution in [1.29, 1.82) is 0 Å². The zero-order valence-corrected chi connectivity index (χ0v) is 33.6. The van der Waals surface area contributed by atoms with Crippen molar-refractivity contribution >= 4 is 27.8 Å². The van der Waals surface area contributed by atoms with Crippen LogP contribution in [-0.2, 0) is 10.8 Å². The molecular formula is C60H41N. The van der Waals surface area contributed by atoms with Crippen LogP contribution >= 0.6 is 0 Å². The fourth-order valence-corrected chi connectivity index (χ4v) is 10.9. The minimum Gasteiger partial charge on any atom is -0.310 e. The highest BCUT2D eigenvalue weighted by Crippen LogP contribution is 2.65. The van der Waals surface area contributed by atoms with Crippen LogP contribution in [0.1, 0.15) is 44.5 Å². The van der Waals surface area contributed by atoms with E-state index in [0.717, 1.165) is 17.1 Å². The number of anilines is 3. The van der Waals surface area contributed by atoms with Gasteiger partial charge in [-0.05, 0) is 114 Å². The second kappa shape index (κ2) is 13.9. The van der Waals surface area contributed by atoms with Crippen molar-refractivity contribution < 1.29 is 0 Å². The third kappa shape index (κ3) is 5.14. The molecule has 0 heterocycles. The van der Waals surface area contributed by atoms with Crippen molar-refractivity contribution in [3.8, 4) is 22.3 Å². The molecule has 0 aliphatic heterocycles. The van der Waals surface area contributed by atoms with E-state index < -0.39 is 10.8 Å². The van der Waals surface area contributed by atoms with Crippen LogP contribution in [0.5, 0.6) is 0 Å². The molecular weight excluding hydrogens is 735 g/mol. The molecule has 12 rings (SSSR count). The van der Waals surface area contributed by atoms with Crippen LogP contribution in [0.3, 0.4) is 0 Å². The lowest BCUT2D eigenvalue weighted by Gasteiger charge is -2.50. The summed E-state index contributed by atoms with van der Waals surface area (Å²) in [6.45, 7) is 0. The van der Waals surface area contributed by atoms with Crippen LogP contribution in [0.4, 0.5) is 17.1 Å². The fraction of sp³-hybridized carbons (Fsp3) is 0.0333. The molecule has 1 spiro atoms. The Hall–Kier alpha value is -7.74. The molecule has 0 amide bonds. The van der Waals surface area contributed by atoms with E-state index in [1.165, 1.54) is 77.5 Å². The summed E-state index contributed by atoms with van der Waals surface area (Å²) in [5, 5.41) is 2.44. The third-order valence-electron chi connectivity index (χ3n) is 13.4. The SMILES string of the molecule is c1ccc(-c2ccc(N(c3ccc4c(c3)C3(c5ccccc5-4)c4ccccc4C(c4ccccc4)(c4ccccc4)c4ccccc43)c3ccc4ccccc4c3)cc2)cc1. The van der Waals surface area contributed by atoms with E-state index >= 15 is 0 Å². The average Bonchev–Trinajstić information content (AvgIpc) is 3.63. The van der Waals surface area contributed by atoms with Gasteiger partial charge in [0, 0.05) is 17.1 Å². The smallest absolute Gasteiger partial charge is 0.0720 e. The van der Waals surface area contributed by atoms with Crippen LogP contribution in [0.2, 0.25) is 0 Å². The van der Waals surface area contributed by atoms with Gasteiger partial charge in [0.2, 0.25) is 0 Å². The van der Waals surface area contributed by atoms with Crippen molar-refractivity contribution in [1.82, 2.24) is 0 Å². The van der Waals surface area contributed by atoms with E-state index in [1.54, 1.807) is 0 Å². The van der Waals surface area contributed by atoms with Gasteiger partial charge in [0.15, 0.2) is 0 Å². The van der Waals surface area contributed by atoms with Gasteiger partial charge in [-0.25, -0.2) is 0 Å². The van der Waals surface area contributed by atoms with Crippen LogP contribution in [0, 0.1) is 0 Å². The molecule has 286 valence electrons. The minimum atomic E-state index is -0.589. The summed E-state index contributed by atoms with van der Waals surface area (Å²) < 4.78 is 0. The van der Waals surface area contributed by atoms with Gasteiger partial charge in [0.1, 0.15) is 0 Å².